The summed E-state index contributed by atoms with van der Waals surface area (Å²) >= 11 is 0. The Bertz CT molecular complexity index is 136. The van der Waals surface area contributed by atoms with Crippen LogP contribution in [0.4, 0.5) is 0 Å². The van der Waals surface area contributed by atoms with Gasteiger partial charge in [0.1, 0.15) is 0 Å². The van der Waals surface area contributed by atoms with Gasteiger partial charge in [-0.05, 0) is 37.0 Å². The van der Waals surface area contributed by atoms with Crippen LogP contribution >= 0.6 is 0 Å². The molecule has 3 N–H and O–H groups in total. The van der Waals surface area contributed by atoms with Crippen molar-refractivity contribution in [1.82, 2.24) is 5.32 Å². The highest BCUT2D eigenvalue weighted by molar-refractivity contribution is 5.04. The summed E-state index contributed by atoms with van der Waals surface area (Å²) in [5.41, 5.74) is 6.15. The lowest BCUT2D eigenvalue weighted by Gasteiger charge is -2.13. The summed E-state index contributed by atoms with van der Waals surface area (Å²) in [6.07, 6.45) is 5.92. The zero-order valence-electron chi connectivity index (χ0n) is 7.10. The minimum atomic E-state index is 0.745. The summed E-state index contributed by atoms with van der Waals surface area (Å²) < 4.78 is 0. The molecule has 0 spiro atoms. The van der Waals surface area contributed by atoms with Crippen LogP contribution in [0.2, 0.25) is 0 Å². The standard InChI is InChI=1S/C9H18N2/c10-5-6-11-7-9(3-4-9)8-1-2-8/h8,11H,1-7,10H2. The second-order valence-electron chi connectivity index (χ2n) is 4.10. The van der Waals surface area contributed by atoms with Crippen molar-refractivity contribution in [2.75, 3.05) is 19.6 Å². The molecule has 64 valence electrons. The van der Waals surface area contributed by atoms with Crippen LogP contribution in [0.5, 0.6) is 0 Å². The molecule has 0 aromatic heterocycles. The Kier molecular flexibility index (Phi) is 1.90. The van der Waals surface area contributed by atoms with E-state index in [1.807, 2.05) is 0 Å². The Morgan fingerprint density at radius 2 is 2.09 bits per heavy atom. The van der Waals surface area contributed by atoms with E-state index in [4.69, 9.17) is 5.73 Å². The van der Waals surface area contributed by atoms with Crippen LogP contribution in [-0.2, 0) is 0 Å². The van der Waals surface area contributed by atoms with Crippen LogP contribution in [0.1, 0.15) is 25.7 Å². The molecule has 2 nitrogen and oxygen atoms in total. The quantitative estimate of drug-likeness (QED) is 0.573. The van der Waals surface area contributed by atoms with Gasteiger partial charge in [-0.1, -0.05) is 0 Å². The molecular formula is C9H18N2. The molecule has 0 heterocycles. The van der Waals surface area contributed by atoms with E-state index >= 15 is 0 Å². The third-order valence-corrected chi connectivity index (χ3v) is 3.13. The SMILES string of the molecule is NCCNCC1(C2CC2)CC1. The molecule has 0 aromatic carbocycles. The van der Waals surface area contributed by atoms with E-state index in [9.17, 15) is 0 Å². The van der Waals surface area contributed by atoms with E-state index < -0.39 is 0 Å². The van der Waals surface area contributed by atoms with Gasteiger partial charge in [-0.2, -0.15) is 0 Å². The Labute approximate surface area is 68.5 Å². The molecule has 0 atom stereocenters. The smallest absolute Gasteiger partial charge is 0.00747 e. The van der Waals surface area contributed by atoms with Crippen molar-refractivity contribution in [3.63, 3.8) is 0 Å². The van der Waals surface area contributed by atoms with E-state index in [1.54, 1.807) is 0 Å². The zero-order valence-corrected chi connectivity index (χ0v) is 7.10. The fourth-order valence-electron chi connectivity index (χ4n) is 2.03. The predicted octanol–water partition coefficient (Wildman–Crippen LogP) is 0.725. The molecule has 2 saturated carbocycles. The van der Waals surface area contributed by atoms with Crippen molar-refractivity contribution in [3.05, 3.63) is 0 Å². The Morgan fingerprint density at radius 3 is 2.55 bits per heavy atom. The highest BCUT2D eigenvalue weighted by atomic mass is 14.9. The first-order chi connectivity index (χ1) is 5.37. The maximum Gasteiger partial charge on any atom is 0.00747 e. The second kappa shape index (κ2) is 2.76. The molecular weight excluding hydrogens is 136 g/mol. The fourth-order valence-corrected chi connectivity index (χ4v) is 2.03. The third-order valence-electron chi connectivity index (χ3n) is 3.13. The molecule has 11 heavy (non-hydrogen) atoms. The maximum atomic E-state index is 5.41. The molecule has 2 aliphatic carbocycles. The van der Waals surface area contributed by atoms with Gasteiger partial charge in [0.05, 0.1) is 0 Å². The maximum absolute atomic E-state index is 5.41. The van der Waals surface area contributed by atoms with Crippen molar-refractivity contribution >= 4 is 0 Å². The first-order valence-corrected chi connectivity index (χ1v) is 4.78. The van der Waals surface area contributed by atoms with Crippen molar-refractivity contribution in [2.45, 2.75) is 25.7 Å². The number of rotatable bonds is 5. The third kappa shape index (κ3) is 1.57. The van der Waals surface area contributed by atoms with E-state index in [-0.39, 0.29) is 0 Å². The number of hydrogen-bond acceptors (Lipinski definition) is 2. The van der Waals surface area contributed by atoms with Crippen molar-refractivity contribution < 1.29 is 0 Å². The van der Waals surface area contributed by atoms with Gasteiger partial charge < -0.3 is 11.1 Å². The molecule has 0 saturated heterocycles. The van der Waals surface area contributed by atoms with Gasteiger partial charge in [0.25, 0.3) is 0 Å². The minimum absolute atomic E-state index is 0.745. The first-order valence-electron chi connectivity index (χ1n) is 4.78. The van der Waals surface area contributed by atoms with Crippen molar-refractivity contribution in [3.8, 4) is 0 Å². The lowest BCUT2D eigenvalue weighted by Crippen LogP contribution is -2.29. The van der Waals surface area contributed by atoms with Gasteiger partial charge in [-0.3, -0.25) is 0 Å². The van der Waals surface area contributed by atoms with Gasteiger partial charge in [0.15, 0.2) is 0 Å². The normalized spacial score (nSPS) is 27.0. The zero-order chi connectivity index (χ0) is 7.73. The molecule has 2 rings (SSSR count). The van der Waals surface area contributed by atoms with Gasteiger partial charge >= 0.3 is 0 Å². The van der Waals surface area contributed by atoms with Crippen LogP contribution in [0.25, 0.3) is 0 Å². The van der Waals surface area contributed by atoms with Crippen LogP contribution < -0.4 is 11.1 Å². The monoisotopic (exact) mass is 154 g/mol. The fraction of sp³-hybridized carbons (Fsp3) is 1.00. The van der Waals surface area contributed by atoms with Crippen LogP contribution in [0, 0.1) is 11.3 Å². The van der Waals surface area contributed by atoms with Crippen LogP contribution in [0.15, 0.2) is 0 Å². The molecule has 0 unspecified atom stereocenters. The van der Waals surface area contributed by atoms with E-state index in [0.717, 1.165) is 24.4 Å². The van der Waals surface area contributed by atoms with Gasteiger partial charge in [0, 0.05) is 19.6 Å². The average molecular weight is 154 g/mol. The van der Waals surface area contributed by atoms with E-state index in [0.29, 0.717) is 0 Å². The largest absolute Gasteiger partial charge is 0.329 e. The predicted molar refractivity (Wildman–Crippen MR) is 46.3 cm³/mol. The summed E-state index contributed by atoms with van der Waals surface area (Å²) in [5, 5.41) is 3.43. The topological polar surface area (TPSA) is 38.0 Å². The Morgan fingerprint density at radius 1 is 1.36 bits per heavy atom. The highest BCUT2D eigenvalue weighted by Crippen LogP contribution is 2.60. The average Bonchev–Trinajstić information content (AvgIpc) is 2.84. The molecule has 0 aromatic rings. The van der Waals surface area contributed by atoms with Gasteiger partial charge in [-0.25, -0.2) is 0 Å². The molecule has 0 aliphatic heterocycles. The van der Waals surface area contributed by atoms with Gasteiger partial charge in [-0.15, -0.1) is 0 Å². The molecule has 0 amide bonds. The van der Waals surface area contributed by atoms with Crippen molar-refractivity contribution in [2.24, 2.45) is 17.1 Å². The van der Waals surface area contributed by atoms with Gasteiger partial charge in [0.2, 0.25) is 0 Å². The Hall–Kier alpha value is -0.0800. The second-order valence-corrected chi connectivity index (χ2v) is 4.10. The minimum Gasteiger partial charge on any atom is -0.329 e. The van der Waals surface area contributed by atoms with Crippen molar-refractivity contribution in [1.29, 1.82) is 0 Å². The van der Waals surface area contributed by atoms with E-state index in [2.05, 4.69) is 5.32 Å². The molecule has 0 radical (unpaired) electrons. The molecule has 2 aliphatic rings. The summed E-state index contributed by atoms with van der Waals surface area (Å²) in [7, 11) is 0. The summed E-state index contributed by atoms with van der Waals surface area (Å²) in [6.45, 7) is 3.00. The first kappa shape index (κ1) is 7.56. The number of hydrogen-bond donors (Lipinski definition) is 2. The lowest BCUT2D eigenvalue weighted by molar-refractivity contribution is 0.407. The Balaban J connectivity index is 1.68. The molecule has 2 heteroatoms. The van der Waals surface area contributed by atoms with Crippen LogP contribution in [0.3, 0.4) is 0 Å². The van der Waals surface area contributed by atoms with E-state index in [1.165, 1.54) is 32.2 Å². The molecule has 0 bridgehead atoms. The summed E-state index contributed by atoms with van der Waals surface area (Å²) in [5.74, 6) is 1.08. The summed E-state index contributed by atoms with van der Waals surface area (Å²) in [4.78, 5) is 0. The summed E-state index contributed by atoms with van der Waals surface area (Å²) in [6, 6.07) is 0. The highest BCUT2D eigenvalue weighted by Gasteiger charge is 2.52. The molecule has 2 fully saturated rings. The number of nitrogens with one attached hydrogen (secondary N) is 1. The lowest BCUT2D eigenvalue weighted by atomic mass is 10.0. The number of nitrogens with two attached hydrogens (primary N) is 1. The van der Waals surface area contributed by atoms with Crippen LogP contribution in [-0.4, -0.2) is 19.6 Å².